The molecule has 2 N–H and O–H groups in total. The molecule has 1 heterocycles. The molecule has 0 atom stereocenters. The van der Waals surface area contributed by atoms with Crippen molar-refractivity contribution in [2.24, 2.45) is 0 Å². The number of carbonyl (C=O) groups excluding carboxylic acids is 1. The molecule has 0 aromatic heterocycles. The Morgan fingerprint density at radius 1 is 1.37 bits per heavy atom. The van der Waals surface area contributed by atoms with Gasteiger partial charge in [-0.1, -0.05) is 0 Å². The lowest BCUT2D eigenvalue weighted by molar-refractivity contribution is -0.115. The maximum Gasteiger partial charge on any atom is 0.238 e. The van der Waals surface area contributed by atoms with Gasteiger partial charge < -0.3 is 20.3 Å². The molecular formula is C13H18FN3O2. The zero-order valence-corrected chi connectivity index (χ0v) is 10.9. The molecule has 1 aromatic carbocycles. The van der Waals surface area contributed by atoms with Crippen LogP contribution in [-0.4, -0.2) is 45.8 Å². The third-order valence-corrected chi connectivity index (χ3v) is 2.88. The van der Waals surface area contributed by atoms with Crippen LogP contribution in [0.3, 0.4) is 0 Å². The number of carbonyl (C=O) groups is 1. The molecule has 0 unspecified atom stereocenters. The molecule has 104 valence electrons. The number of likely N-dealkylation sites (N-methyl/N-ethyl adjacent to an activating group) is 1. The van der Waals surface area contributed by atoms with E-state index in [0.717, 1.165) is 18.8 Å². The second-order valence-electron chi connectivity index (χ2n) is 4.38. The lowest BCUT2D eigenvalue weighted by atomic mass is 10.2. The van der Waals surface area contributed by atoms with Gasteiger partial charge in [0.1, 0.15) is 5.82 Å². The summed E-state index contributed by atoms with van der Waals surface area (Å²) in [6, 6.07) is 4.57. The van der Waals surface area contributed by atoms with Crippen LogP contribution in [0.1, 0.15) is 0 Å². The number of halogens is 1. The molecular weight excluding hydrogens is 249 g/mol. The van der Waals surface area contributed by atoms with Crippen molar-refractivity contribution in [3.63, 3.8) is 0 Å². The summed E-state index contributed by atoms with van der Waals surface area (Å²) < 4.78 is 18.9. The van der Waals surface area contributed by atoms with Crippen molar-refractivity contribution in [2.45, 2.75) is 0 Å². The third kappa shape index (κ3) is 3.90. The highest BCUT2D eigenvalue weighted by Gasteiger charge is 2.13. The Balaban J connectivity index is 2.11. The summed E-state index contributed by atoms with van der Waals surface area (Å²) in [4.78, 5) is 13.5. The second-order valence-corrected chi connectivity index (χ2v) is 4.38. The van der Waals surface area contributed by atoms with Gasteiger partial charge in [-0.25, -0.2) is 4.39 Å². The molecule has 0 bridgehead atoms. The van der Waals surface area contributed by atoms with Crippen LogP contribution >= 0.6 is 0 Å². The fourth-order valence-corrected chi connectivity index (χ4v) is 2.02. The predicted molar refractivity (Wildman–Crippen MR) is 72.0 cm³/mol. The lowest BCUT2D eigenvalue weighted by Crippen LogP contribution is -2.36. The first-order valence-electron chi connectivity index (χ1n) is 6.27. The molecule has 1 aliphatic rings. The van der Waals surface area contributed by atoms with Crippen LogP contribution < -0.4 is 15.5 Å². The van der Waals surface area contributed by atoms with E-state index in [1.54, 1.807) is 13.1 Å². The quantitative estimate of drug-likeness (QED) is 0.848. The summed E-state index contributed by atoms with van der Waals surface area (Å²) in [6.45, 7) is 2.93. The Labute approximate surface area is 111 Å². The number of rotatable bonds is 4. The van der Waals surface area contributed by atoms with Crippen molar-refractivity contribution in [2.75, 3.05) is 50.1 Å². The van der Waals surface area contributed by atoms with Gasteiger partial charge in [-0.05, 0) is 25.2 Å². The van der Waals surface area contributed by atoms with Gasteiger partial charge in [-0.15, -0.1) is 0 Å². The van der Waals surface area contributed by atoms with Gasteiger partial charge in [-0.3, -0.25) is 4.79 Å². The highest BCUT2D eigenvalue weighted by Crippen LogP contribution is 2.22. The largest absolute Gasteiger partial charge is 0.378 e. The standard InChI is InChI=1S/C13H18FN3O2/c1-15-9-13(18)16-11-6-10(14)7-12(8-11)17-2-4-19-5-3-17/h6-8,15H,2-5,9H2,1H3,(H,16,18). The van der Waals surface area contributed by atoms with Crippen molar-refractivity contribution < 1.29 is 13.9 Å². The van der Waals surface area contributed by atoms with E-state index in [-0.39, 0.29) is 18.3 Å². The molecule has 0 aliphatic carbocycles. The number of anilines is 2. The van der Waals surface area contributed by atoms with Crippen LogP contribution in [0.4, 0.5) is 15.8 Å². The fourth-order valence-electron chi connectivity index (χ4n) is 2.02. The van der Waals surface area contributed by atoms with Crippen LogP contribution in [0.15, 0.2) is 18.2 Å². The minimum atomic E-state index is -0.358. The monoisotopic (exact) mass is 267 g/mol. The van der Waals surface area contributed by atoms with E-state index in [2.05, 4.69) is 10.6 Å². The Bertz CT molecular complexity index is 448. The van der Waals surface area contributed by atoms with E-state index >= 15 is 0 Å². The number of nitrogens with zero attached hydrogens (tertiary/aromatic N) is 1. The highest BCUT2D eigenvalue weighted by molar-refractivity contribution is 5.92. The average Bonchev–Trinajstić information content (AvgIpc) is 2.39. The number of ether oxygens (including phenoxy) is 1. The number of benzene rings is 1. The number of nitrogens with one attached hydrogen (secondary N) is 2. The summed E-state index contributed by atoms with van der Waals surface area (Å²) in [5.74, 6) is -0.551. The molecule has 5 nitrogen and oxygen atoms in total. The van der Waals surface area contributed by atoms with E-state index in [4.69, 9.17) is 4.74 Å². The summed E-state index contributed by atoms with van der Waals surface area (Å²) in [7, 11) is 1.68. The van der Waals surface area contributed by atoms with E-state index in [1.807, 2.05) is 4.90 Å². The van der Waals surface area contributed by atoms with Gasteiger partial charge in [0.15, 0.2) is 0 Å². The Morgan fingerprint density at radius 3 is 2.79 bits per heavy atom. The summed E-state index contributed by atoms with van der Waals surface area (Å²) >= 11 is 0. The van der Waals surface area contributed by atoms with Crippen molar-refractivity contribution in [1.82, 2.24) is 5.32 Å². The van der Waals surface area contributed by atoms with Gasteiger partial charge in [0, 0.05) is 24.5 Å². The van der Waals surface area contributed by atoms with Crippen molar-refractivity contribution >= 4 is 17.3 Å². The summed E-state index contributed by atoms with van der Waals surface area (Å²) in [6.07, 6.45) is 0. The normalized spacial score (nSPS) is 15.4. The lowest BCUT2D eigenvalue weighted by Gasteiger charge is -2.29. The van der Waals surface area contributed by atoms with E-state index in [1.165, 1.54) is 12.1 Å². The first-order valence-corrected chi connectivity index (χ1v) is 6.27. The van der Waals surface area contributed by atoms with Crippen LogP contribution in [-0.2, 0) is 9.53 Å². The first-order chi connectivity index (χ1) is 9.19. The predicted octanol–water partition coefficient (Wildman–Crippen LogP) is 0.820. The van der Waals surface area contributed by atoms with Crippen molar-refractivity contribution in [3.8, 4) is 0 Å². The molecule has 6 heteroatoms. The average molecular weight is 267 g/mol. The van der Waals surface area contributed by atoms with Crippen molar-refractivity contribution in [3.05, 3.63) is 24.0 Å². The molecule has 0 radical (unpaired) electrons. The van der Waals surface area contributed by atoms with Crippen LogP contribution in [0.5, 0.6) is 0 Å². The molecule has 1 amide bonds. The number of amides is 1. The molecule has 1 saturated heterocycles. The minimum absolute atomic E-state index is 0.193. The molecule has 2 rings (SSSR count). The molecule has 1 aliphatic heterocycles. The van der Waals surface area contributed by atoms with Crippen molar-refractivity contribution in [1.29, 1.82) is 0 Å². The smallest absolute Gasteiger partial charge is 0.238 e. The fraction of sp³-hybridized carbons (Fsp3) is 0.462. The maximum absolute atomic E-state index is 13.6. The third-order valence-electron chi connectivity index (χ3n) is 2.88. The van der Waals surface area contributed by atoms with Gasteiger partial charge in [0.25, 0.3) is 0 Å². The van der Waals surface area contributed by atoms with Crippen LogP contribution in [0.2, 0.25) is 0 Å². The van der Waals surface area contributed by atoms with E-state index in [0.29, 0.717) is 18.9 Å². The molecule has 1 fully saturated rings. The van der Waals surface area contributed by atoms with Crippen LogP contribution in [0, 0.1) is 5.82 Å². The first kappa shape index (κ1) is 13.8. The van der Waals surface area contributed by atoms with Crippen LogP contribution in [0.25, 0.3) is 0 Å². The SMILES string of the molecule is CNCC(=O)Nc1cc(F)cc(N2CCOCC2)c1. The maximum atomic E-state index is 13.6. The number of hydrogen-bond donors (Lipinski definition) is 2. The summed E-state index contributed by atoms with van der Waals surface area (Å²) in [5.41, 5.74) is 1.24. The van der Waals surface area contributed by atoms with Gasteiger partial charge in [0.05, 0.1) is 19.8 Å². The Hall–Kier alpha value is -1.66. The Kier molecular flexibility index (Phi) is 4.70. The Morgan fingerprint density at radius 2 is 2.11 bits per heavy atom. The molecule has 1 aromatic rings. The van der Waals surface area contributed by atoms with E-state index < -0.39 is 0 Å². The number of hydrogen-bond acceptors (Lipinski definition) is 4. The summed E-state index contributed by atoms with van der Waals surface area (Å²) in [5, 5.41) is 5.41. The zero-order valence-electron chi connectivity index (χ0n) is 10.9. The second kappa shape index (κ2) is 6.49. The van der Waals surface area contributed by atoms with Gasteiger partial charge in [0.2, 0.25) is 5.91 Å². The highest BCUT2D eigenvalue weighted by atomic mass is 19.1. The molecule has 19 heavy (non-hydrogen) atoms. The van der Waals surface area contributed by atoms with Gasteiger partial charge in [-0.2, -0.15) is 0 Å². The van der Waals surface area contributed by atoms with E-state index in [9.17, 15) is 9.18 Å². The topological polar surface area (TPSA) is 53.6 Å². The minimum Gasteiger partial charge on any atom is -0.378 e. The number of morpholine rings is 1. The zero-order chi connectivity index (χ0) is 13.7. The molecule has 0 spiro atoms. The van der Waals surface area contributed by atoms with Gasteiger partial charge >= 0.3 is 0 Å². The molecule has 0 saturated carbocycles.